The highest BCUT2D eigenvalue weighted by atomic mass is 35.5. The van der Waals surface area contributed by atoms with E-state index in [0.29, 0.717) is 5.75 Å². The van der Waals surface area contributed by atoms with Crippen LogP contribution >= 0.6 is 23.2 Å². The topological polar surface area (TPSA) is 98.9 Å². The highest BCUT2D eigenvalue weighted by molar-refractivity contribution is 6.45. The molecule has 0 aliphatic carbocycles. The first-order valence-corrected chi connectivity index (χ1v) is 6.43. The number of nitro benzene ring substituents is 1. The van der Waals surface area contributed by atoms with Gasteiger partial charge in [0.15, 0.2) is 0 Å². The van der Waals surface area contributed by atoms with E-state index in [1.165, 1.54) is 24.3 Å². The Morgan fingerprint density at radius 1 is 1.38 bits per heavy atom. The summed E-state index contributed by atoms with van der Waals surface area (Å²) in [5.74, 6) is -0.522. The second-order valence-electron chi connectivity index (χ2n) is 3.77. The number of ether oxygens (including phenoxy) is 2. The number of benzene rings is 1. The Labute approximate surface area is 129 Å². The molecule has 1 rings (SSSR count). The van der Waals surface area contributed by atoms with E-state index in [2.05, 4.69) is 4.74 Å². The molecule has 0 heterocycles. The summed E-state index contributed by atoms with van der Waals surface area (Å²) >= 11 is 10.6. The first-order valence-electron chi connectivity index (χ1n) is 5.62. The molecule has 0 aliphatic heterocycles. The zero-order valence-corrected chi connectivity index (χ0v) is 12.1. The lowest BCUT2D eigenvalue weighted by Gasteiger charge is -2.12. The Hall–Kier alpha value is -1.83. The largest absolute Gasteiger partial charge is 0.491 e. The summed E-state index contributed by atoms with van der Waals surface area (Å²) < 4.78 is 9.84. The Morgan fingerprint density at radius 2 is 2.00 bits per heavy atom. The molecule has 0 bridgehead atoms. The molecule has 0 saturated heterocycles. The monoisotopic (exact) mass is 335 g/mol. The summed E-state index contributed by atoms with van der Waals surface area (Å²) in [7, 11) is 0. The van der Waals surface area contributed by atoms with E-state index in [4.69, 9.17) is 27.9 Å². The summed E-state index contributed by atoms with van der Waals surface area (Å²) in [4.78, 5) is 21.1. The van der Waals surface area contributed by atoms with Gasteiger partial charge in [0.25, 0.3) is 5.69 Å². The number of halogens is 2. The molecule has 0 fully saturated rings. The van der Waals surface area contributed by atoms with Crippen molar-refractivity contribution in [3.05, 3.63) is 44.9 Å². The maximum Gasteiger partial charge on any atom is 0.350 e. The molecule has 0 saturated carbocycles. The predicted octanol–water partition coefficient (Wildman–Crippen LogP) is 2.20. The summed E-state index contributed by atoms with van der Waals surface area (Å²) in [6.45, 7) is -0.486. The fourth-order valence-corrected chi connectivity index (χ4v) is 1.33. The predicted molar refractivity (Wildman–Crippen MR) is 75.3 cm³/mol. The molecule has 21 heavy (non-hydrogen) atoms. The molecule has 1 unspecified atom stereocenters. The van der Waals surface area contributed by atoms with Gasteiger partial charge in [-0.3, -0.25) is 10.1 Å². The van der Waals surface area contributed by atoms with Gasteiger partial charge in [-0.15, -0.1) is 0 Å². The summed E-state index contributed by atoms with van der Waals surface area (Å²) in [6.07, 6.45) is -1.08. The van der Waals surface area contributed by atoms with Crippen molar-refractivity contribution in [2.75, 3.05) is 13.2 Å². The van der Waals surface area contributed by atoms with Gasteiger partial charge in [0.1, 0.15) is 30.1 Å². The first kappa shape index (κ1) is 17.2. The number of esters is 1. The van der Waals surface area contributed by atoms with Gasteiger partial charge in [0, 0.05) is 17.7 Å². The van der Waals surface area contributed by atoms with Crippen molar-refractivity contribution in [1.29, 1.82) is 0 Å². The second kappa shape index (κ2) is 8.46. The smallest absolute Gasteiger partial charge is 0.350 e. The SMILES string of the molecule is O=C(OCC(O)COc1ccc([N+](=O)[O-])cc1)C(Cl)=CCl. The van der Waals surface area contributed by atoms with Crippen LogP contribution in [0.25, 0.3) is 0 Å². The van der Waals surface area contributed by atoms with Crippen LogP contribution in [0, 0.1) is 10.1 Å². The highest BCUT2D eigenvalue weighted by Crippen LogP contribution is 2.17. The van der Waals surface area contributed by atoms with Crippen molar-refractivity contribution < 1.29 is 24.3 Å². The molecule has 1 aromatic rings. The number of carbonyl (C=O) groups is 1. The third-order valence-electron chi connectivity index (χ3n) is 2.19. The minimum atomic E-state index is -1.08. The number of hydrogen-bond acceptors (Lipinski definition) is 6. The zero-order chi connectivity index (χ0) is 15.8. The van der Waals surface area contributed by atoms with Gasteiger partial charge in [-0.25, -0.2) is 4.79 Å². The first-order chi connectivity index (χ1) is 9.93. The number of aliphatic hydroxyl groups is 1. The number of non-ortho nitro benzene ring substituents is 1. The van der Waals surface area contributed by atoms with Gasteiger partial charge >= 0.3 is 5.97 Å². The van der Waals surface area contributed by atoms with Crippen LogP contribution in [0.5, 0.6) is 5.75 Å². The second-order valence-corrected chi connectivity index (χ2v) is 4.40. The van der Waals surface area contributed by atoms with E-state index in [1.54, 1.807) is 0 Å². The van der Waals surface area contributed by atoms with Gasteiger partial charge in [-0.1, -0.05) is 23.2 Å². The van der Waals surface area contributed by atoms with Gasteiger partial charge in [-0.2, -0.15) is 0 Å². The van der Waals surface area contributed by atoms with Gasteiger partial charge in [-0.05, 0) is 12.1 Å². The molecule has 0 radical (unpaired) electrons. The van der Waals surface area contributed by atoms with Crippen LogP contribution in [0.4, 0.5) is 5.69 Å². The van der Waals surface area contributed by atoms with E-state index >= 15 is 0 Å². The van der Waals surface area contributed by atoms with Crippen LogP contribution in [-0.4, -0.2) is 35.3 Å². The van der Waals surface area contributed by atoms with Crippen molar-refractivity contribution in [2.45, 2.75) is 6.10 Å². The maximum absolute atomic E-state index is 11.1. The number of rotatable bonds is 7. The number of nitrogens with zero attached hydrogens (tertiary/aromatic N) is 1. The van der Waals surface area contributed by atoms with Crippen molar-refractivity contribution in [1.82, 2.24) is 0 Å². The third-order valence-corrected chi connectivity index (χ3v) is 2.78. The summed E-state index contributed by atoms with van der Waals surface area (Å²) in [5.41, 5.74) is 0.781. The lowest BCUT2D eigenvalue weighted by molar-refractivity contribution is -0.384. The highest BCUT2D eigenvalue weighted by Gasteiger charge is 2.12. The van der Waals surface area contributed by atoms with Crippen molar-refractivity contribution in [2.24, 2.45) is 0 Å². The molecular formula is C12H11Cl2NO6. The molecular weight excluding hydrogens is 325 g/mol. The number of aliphatic hydroxyl groups excluding tert-OH is 1. The average molecular weight is 336 g/mol. The van der Waals surface area contributed by atoms with E-state index in [0.717, 1.165) is 5.54 Å². The Bertz CT molecular complexity index is 531. The van der Waals surface area contributed by atoms with E-state index in [-0.39, 0.29) is 23.9 Å². The lowest BCUT2D eigenvalue weighted by Crippen LogP contribution is -2.25. The molecule has 0 spiro atoms. The van der Waals surface area contributed by atoms with E-state index in [9.17, 15) is 20.0 Å². The Morgan fingerprint density at radius 3 is 2.52 bits per heavy atom. The normalized spacial score (nSPS) is 12.6. The van der Waals surface area contributed by atoms with E-state index in [1.807, 2.05) is 0 Å². The molecule has 0 aromatic heterocycles. The quantitative estimate of drug-likeness (QED) is 0.355. The molecule has 7 nitrogen and oxygen atoms in total. The van der Waals surface area contributed by atoms with Gasteiger partial charge in [0.05, 0.1) is 4.92 Å². The molecule has 9 heteroatoms. The van der Waals surface area contributed by atoms with Crippen LogP contribution < -0.4 is 4.74 Å². The molecule has 0 aliphatic rings. The summed E-state index contributed by atoms with van der Waals surface area (Å²) in [6, 6.07) is 5.33. The van der Waals surface area contributed by atoms with Gasteiger partial charge < -0.3 is 14.6 Å². The number of nitro groups is 1. The van der Waals surface area contributed by atoms with Gasteiger partial charge in [0.2, 0.25) is 0 Å². The van der Waals surface area contributed by atoms with Crippen LogP contribution in [0.15, 0.2) is 34.8 Å². The lowest BCUT2D eigenvalue weighted by atomic mass is 10.3. The molecule has 1 aromatic carbocycles. The van der Waals surface area contributed by atoms with Crippen molar-refractivity contribution in [3.63, 3.8) is 0 Å². The minimum Gasteiger partial charge on any atom is -0.491 e. The maximum atomic E-state index is 11.1. The van der Waals surface area contributed by atoms with Crippen molar-refractivity contribution in [3.8, 4) is 5.75 Å². The zero-order valence-electron chi connectivity index (χ0n) is 10.6. The fraction of sp³-hybridized carbons (Fsp3) is 0.250. The standard InChI is InChI=1S/C12H11Cl2NO6/c13-5-11(14)12(17)21-7-9(16)6-20-10-3-1-8(2-4-10)15(18)19/h1-5,9,16H,6-7H2. The third kappa shape index (κ3) is 5.99. The van der Waals surface area contributed by atoms with Crippen LogP contribution in [0.2, 0.25) is 0 Å². The molecule has 0 amide bonds. The number of hydrogen-bond donors (Lipinski definition) is 1. The molecule has 114 valence electrons. The van der Waals surface area contributed by atoms with Crippen LogP contribution in [0.3, 0.4) is 0 Å². The Balaban J connectivity index is 2.37. The van der Waals surface area contributed by atoms with Crippen LogP contribution in [0.1, 0.15) is 0 Å². The fourth-order valence-electron chi connectivity index (χ4n) is 1.19. The Kier molecular flexibility index (Phi) is 6.93. The molecule has 1 N–H and O–H groups in total. The van der Waals surface area contributed by atoms with Crippen molar-refractivity contribution >= 4 is 34.9 Å². The summed E-state index contributed by atoms with van der Waals surface area (Å²) in [5, 5.41) is 19.7. The molecule has 1 atom stereocenters. The minimum absolute atomic E-state index is 0.0701. The van der Waals surface area contributed by atoms with Crippen LogP contribution in [-0.2, 0) is 9.53 Å². The van der Waals surface area contributed by atoms with E-state index < -0.39 is 17.0 Å². The average Bonchev–Trinajstić information content (AvgIpc) is 2.49. The number of carbonyl (C=O) groups excluding carboxylic acids is 1.